The molecule has 0 saturated carbocycles. The average molecular weight is 464 g/mol. The summed E-state index contributed by atoms with van der Waals surface area (Å²) in [6, 6.07) is 16.7. The predicted molar refractivity (Wildman–Crippen MR) is 134 cm³/mol. The number of hydrogen-bond donors (Lipinski definition) is 1. The fourth-order valence-corrected chi connectivity index (χ4v) is 5.04. The number of nitrogens with zero attached hydrogens (tertiary/aromatic N) is 2. The fourth-order valence-electron chi connectivity index (χ4n) is 5.04. The third-order valence-corrected chi connectivity index (χ3v) is 7.18. The highest BCUT2D eigenvalue weighted by Crippen LogP contribution is 2.26. The smallest absolute Gasteiger partial charge is 0.225 e. The molecule has 2 aromatic rings. The molecular weight excluding hydrogens is 426 g/mol. The second-order valence-corrected chi connectivity index (χ2v) is 9.61. The molecule has 2 saturated heterocycles. The summed E-state index contributed by atoms with van der Waals surface area (Å²) in [6.45, 7) is 5.88. The Hall–Kier alpha value is -2.86. The van der Waals surface area contributed by atoms with E-state index >= 15 is 0 Å². The fraction of sp³-hybridized carbons (Fsp3) is 0.500. The van der Waals surface area contributed by atoms with Gasteiger partial charge >= 0.3 is 0 Å². The Labute approximate surface area is 203 Å². The maximum atomic E-state index is 13.0. The number of amides is 2. The van der Waals surface area contributed by atoms with Gasteiger partial charge in [0.1, 0.15) is 5.75 Å². The Balaban J connectivity index is 1.33. The molecule has 0 spiro atoms. The molecule has 2 aromatic carbocycles. The van der Waals surface area contributed by atoms with E-state index in [1.165, 1.54) is 36.0 Å². The number of nitrogens with one attached hydrogen (secondary N) is 1. The summed E-state index contributed by atoms with van der Waals surface area (Å²) >= 11 is 0. The van der Waals surface area contributed by atoms with Crippen LogP contribution in [0.3, 0.4) is 0 Å². The summed E-state index contributed by atoms with van der Waals surface area (Å²) in [5.41, 5.74) is 3.63. The number of hydrogen-bond acceptors (Lipinski definition) is 4. The first-order chi connectivity index (χ1) is 16.5. The first-order valence-electron chi connectivity index (χ1n) is 12.5. The molecular formula is C28H37N3O3. The van der Waals surface area contributed by atoms with Gasteiger partial charge in [0.25, 0.3) is 0 Å². The van der Waals surface area contributed by atoms with E-state index in [1.54, 1.807) is 7.11 Å². The number of ether oxygens (including phenoxy) is 1. The Bertz CT molecular complexity index is 952. The van der Waals surface area contributed by atoms with Crippen LogP contribution in [0.2, 0.25) is 0 Å². The zero-order valence-electron chi connectivity index (χ0n) is 20.5. The van der Waals surface area contributed by atoms with Gasteiger partial charge in [0.2, 0.25) is 11.8 Å². The minimum atomic E-state index is -0.275. The van der Waals surface area contributed by atoms with Crippen LogP contribution in [0.15, 0.2) is 48.5 Å². The monoisotopic (exact) mass is 463 g/mol. The summed E-state index contributed by atoms with van der Waals surface area (Å²) in [7, 11) is 1.67. The molecule has 2 aliphatic heterocycles. The van der Waals surface area contributed by atoms with Crippen molar-refractivity contribution in [2.75, 3.05) is 39.8 Å². The Morgan fingerprint density at radius 1 is 1.06 bits per heavy atom. The Kier molecular flexibility index (Phi) is 8.22. The Morgan fingerprint density at radius 2 is 1.76 bits per heavy atom. The zero-order chi connectivity index (χ0) is 23.9. The molecule has 2 heterocycles. The largest absolute Gasteiger partial charge is 0.497 e. The summed E-state index contributed by atoms with van der Waals surface area (Å²) in [5, 5.41) is 3.18. The summed E-state index contributed by atoms with van der Waals surface area (Å²) in [4.78, 5) is 29.9. The van der Waals surface area contributed by atoms with Crippen molar-refractivity contribution in [2.24, 2.45) is 5.92 Å². The average Bonchev–Trinajstić information content (AvgIpc) is 3.25. The predicted octanol–water partition coefficient (Wildman–Crippen LogP) is 3.74. The van der Waals surface area contributed by atoms with Crippen molar-refractivity contribution in [3.8, 4) is 5.75 Å². The van der Waals surface area contributed by atoms with E-state index in [2.05, 4.69) is 53.5 Å². The number of rotatable bonds is 9. The highest BCUT2D eigenvalue weighted by Gasteiger charge is 2.34. The number of aryl methyl sites for hydroxylation is 1. The normalized spacial score (nSPS) is 19.8. The molecule has 2 amide bonds. The zero-order valence-corrected chi connectivity index (χ0v) is 20.5. The lowest BCUT2D eigenvalue weighted by Crippen LogP contribution is -2.42. The van der Waals surface area contributed by atoms with Crippen molar-refractivity contribution in [3.05, 3.63) is 65.2 Å². The van der Waals surface area contributed by atoms with Crippen LogP contribution in [0.25, 0.3) is 0 Å². The molecule has 182 valence electrons. The molecule has 2 unspecified atom stereocenters. The molecule has 0 aliphatic carbocycles. The van der Waals surface area contributed by atoms with E-state index in [4.69, 9.17) is 4.74 Å². The number of benzene rings is 2. The first-order valence-corrected chi connectivity index (χ1v) is 12.5. The molecule has 0 bridgehead atoms. The van der Waals surface area contributed by atoms with Gasteiger partial charge in [0.05, 0.1) is 19.1 Å². The van der Waals surface area contributed by atoms with Crippen LogP contribution in [0.4, 0.5) is 0 Å². The second kappa shape index (κ2) is 11.5. The van der Waals surface area contributed by atoms with Gasteiger partial charge in [0.15, 0.2) is 0 Å². The molecule has 4 rings (SSSR count). The quantitative estimate of drug-likeness (QED) is 0.616. The molecule has 6 heteroatoms. The second-order valence-electron chi connectivity index (χ2n) is 9.61. The maximum Gasteiger partial charge on any atom is 0.225 e. The van der Waals surface area contributed by atoms with Crippen LogP contribution in [0, 0.1) is 12.8 Å². The van der Waals surface area contributed by atoms with Crippen molar-refractivity contribution in [2.45, 2.75) is 45.1 Å². The Morgan fingerprint density at radius 3 is 2.44 bits per heavy atom. The third kappa shape index (κ3) is 6.17. The molecule has 2 aliphatic rings. The van der Waals surface area contributed by atoms with Crippen LogP contribution < -0.4 is 10.1 Å². The maximum absolute atomic E-state index is 13.0. The van der Waals surface area contributed by atoms with Crippen molar-refractivity contribution < 1.29 is 14.3 Å². The SMILES string of the molecule is COc1ccc(C(CNC(=O)C2CC(=O)N(CCc3ccc(C)cc3)C2)N2CCCCC2)cc1. The van der Waals surface area contributed by atoms with Crippen molar-refractivity contribution in [1.29, 1.82) is 0 Å². The first kappa shape index (κ1) is 24.3. The van der Waals surface area contributed by atoms with Gasteiger partial charge in [-0.15, -0.1) is 0 Å². The standard InChI is InChI=1S/C28H37N3O3/c1-21-6-8-22(9-7-21)14-17-31-20-24(18-27(31)32)28(33)29-19-26(30-15-4-3-5-16-30)23-10-12-25(34-2)13-11-23/h6-13,24,26H,3-5,14-20H2,1-2H3,(H,29,33). The minimum absolute atomic E-state index is 0.0123. The van der Waals surface area contributed by atoms with Crippen LogP contribution in [-0.4, -0.2) is 61.4 Å². The topological polar surface area (TPSA) is 61.9 Å². The van der Waals surface area contributed by atoms with Crippen LogP contribution in [0.5, 0.6) is 5.75 Å². The van der Waals surface area contributed by atoms with Gasteiger partial charge in [-0.1, -0.05) is 48.4 Å². The van der Waals surface area contributed by atoms with Gasteiger partial charge in [0, 0.05) is 26.1 Å². The summed E-state index contributed by atoms with van der Waals surface area (Å²) < 4.78 is 5.31. The summed E-state index contributed by atoms with van der Waals surface area (Å²) in [6.07, 6.45) is 4.76. The van der Waals surface area contributed by atoms with E-state index in [0.717, 1.165) is 25.3 Å². The van der Waals surface area contributed by atoms with E-state index in [-0.39, 0.29) is 23.8 Å². The number of likely N-dealkylation sites (tertiary alicyclic amines) is 2. The van der Waals surface area contributed by atoms with Crippen LogP contribution in [-0.2, 0) is 16.0 Å². The van der Waals surface area contributed by atoms with Gasteiger partial charge in [-0.05, 0) is 62.5 Å². The molecule has 2 atom stereocenters. The van der Waals surface area contributed by atoms with E-state index in [0.29, 0.717) is 26.1 Å². The van der Waals surface area contributed by atoms with Crippen LogP contribution >= 0.6 is 0 Å². The molecule has 34 heavy (non-hydrogen) atoms. The van der Waals surface area contributed by atoms with E-state index in [1.807, 2.05) is 17.0 Å². The highest BCUT2D eigenvalue weighted by atomic mass is 16.5. The number of methoxy groups -OCH3 is 1. The lowest BCUT2D eigenvalue weighted by Gasteiger charge is -2.35. The van der Waals surface area contributed by atoms with Crippen molar-refractivity contribution in [1.82, 2.24) is 15.1 Å². The molecule has 6 nitrogen and oxygen atoms in total. The van der Waals surface area contributed by atoms with Crippen molar-refractivity contribution >= 4 is 11.8 Å². The minimum Gasteiger partial charge on any atom is -0.497 e. The van der Waals surface area contributed by atoms with Gasteiger partial charge in [-0.2, -0.15) is 0 Å². The molecule has 0 aromatic heterocycles. The lowest BCUT2D eigenvalue weighted by atomic mass is 10.0. The highest BCUT2D eigenvalue weighted by molar-refractivity contribution is 5.89. The van der Waals surface area contributed by atoms with Crippen molar-refractivity contribution in [3.63, 3.8) is 0 Å². The molecule has 1 N–H and O–H groups in total. The van der Waals surface area contributed by atoms with Crippen LogP contribution in [0.1, 0.15) is 48.4 Å². The van der Waals surface area contributed by atoms with E-state index in [9.17, 15) is 9.59 Å². The number of carbonyl (C=O) groups excluding carboxylic acids is 2. The molecule has 0 radical (unpaired) electrons. The number of piperidine rings is 1. The van der Waals surface area contributed by atoms with Gasteiger partial charge < -0.3 is 15.0 Å². The van der Waals surface area contributed by atoms with Gasteiger partial charge in [-0.3, -0.25) is 14.5 Å². The lowest BCUT2D eigenvalue weighted by molar-refractivity contribution is -0.129. The third-order valence-electron chi connectivity index (χ3n) is 7.18. The molecule has 2 fully saturated rings. The number of carbonyl (C=O) groups is 2. The van der Waals surface area contributed by atoms with E-state index < -0.39 is 0 Å². The summed E-state index contributed by atoms with van der Waals surface area (Å²) in [5.74, 6) is 0.625. The van der Waals surface area contributed by atoms with Gasteiger partial charge in [-0.25, -0.2) is 0 Å².